The second-order valence-corrected chi connectivity index (χ2v) is 10.5. The summed E-state index contributed by atoms with van der Waals surface area (Å²) in [5.41, 5.74) is 3.21. The molecule has 1 N–H and O–H groups in total. The number of thiazole rings is 1. The fraction of sp³-hybridized carbons (Fsp3) is 0.273. The third-order valence-corrected chi connectivity index (χ3v) is 8.40. The van der Waals surface area contributed by atoms with Crippen LogP contribution in [0.3, 0.4) is 0 Å². The van der Waals surface area contributed by atoms with E-state index >= 15 is 0 Å². The smallest absolute Gasteiger partial charge is 0.257 e. The molecule has 9 heteroatoms. The quantitative estimate of drug-likeness (QED) is 0.540. The summed E-state index contributed by atoms with van der Waals surface area (Å²) in [5, 5.41) is 5.18. The molecule has 1 aromatic heterocycles. The van der Waals surface area contributed by atoms with Gasteiger partial charge in [0, 0.05) is 29.6 Å². The van der Waals surface area contributed by atoms with Crippen LogP contribution in [0.1, 0.15) is 35.7 Å². The lowest BCUT2D eigenvalue weighted by atomic mass is 10.1. The fourth-order valence-corrected chi connectivity index (χ4v) is 6.19. The third kappa shape index (κ3) is 4.67. The van der Waals surface area contributed by atoms with Gasteiger partial charge in [-0.15, -0.1) is 11.3 Å². The van der Waals surface area contributed by atoms with Gasteiger partial charge in [0.25, 0.3) is 5.91 Å². The molecule has 1 aliphatic heterocycles. The molecule has 0 spiro atoms. The van der Waals surface area contributed by atoms with E-state index in [1.165, 1.54) is 39.4 Å². The molecule has 0 aliphatic carbocycles. The number of rotatable bonds is 6. The molecule has 0 atom stereocenters. The van der Waals surface area contributed by atoms with Crippen molar-refractivity contribution >= 4 is 44.0 Å². The Morgan fingerprint density at radius 1 is 1.16 bits per heavy atom. The predicted molar refractivity (Wildman–Crippen MR) is 124 cm³/mol. The summed E-state index contributed by atoms with van der Waals surface area (Å²) in [6.45, 7) is 3.04. The number of sulfonamides is 1. The molecule has 1 saturated heterocycles. The van der Waals surface area contributed by atoms with Crippen LogP contribution in [0, 0.1) is 0 Å². The number of anilines is 1. The van der Waals surface area contributed by atoms with Crippen molar-refractivity contribution in [3.8, 4) is 11.3 Å². The van der Waals surface area contributed by atoms with Gasteiger partial charge in [0.15, 0.2) is 5.13 Å². The van der Waals surface area contributed by atoms with Crippen LogP contribution in [-0.4, -0.2) is 36.7 Å². The summed E-state index contributed by atoms with van der Waals surface area (Å²) >= 11 is 7.48. The maximum atomic E-state index is 12.9. The molecule has 0 radical (unpaired) electrons. The maximum absolute atomic E-state index is 12.9. The number of hydrogen-bond donors (Lipinski definition) is 1. The molecular weight excluding hydrogens is 454 g/mol. The molecule has 0 unspecified atom stereocenters. The average molecular weight is 476 g/mol. The van der Waals surface area contributed by atoms with Crippen LogP contribution >= 0.6 is 22.9 Å². The highest BCUT2D eigenvalue weighted by Crippen LogP contribution is 2.29. The van der Waals surface area contributed by atoms with E-state index < -0.39 is 15.9 Å². The van der Waals surface area contributed by atoms with Gasteiger partial charge in [0.2, 0.25) is 10.0 Å². The lowest BCUT2D eigenvalue weighted by Crippen LogP contribution is -2.28. The van der Waals surface area contributed by atoms with Gasteiger partial charge in [-0.25, -0.2) is 13.4 Å². The minimum atomic E-state index is -3.73. The van der Waals surface area contributed by atoms with Crippen LogP contribution in [0.25, 0.3) is 11.3 Å². The van der Waals surface area contributed by atoms with Gasteiger partial charge in [0.1, 0.15) is 4.90 Å². The van der Waals surface area contributed by atoms with E-state index in [1.807, 2.05) is 17.5 Å². The summed E-state index contributed by atoms with van der Waals surface area (Å²) in [5.74, 6) is -0.434. The number of nitrogens with zero attached hydrogens (tertiary/aromatic N) is 2. The van der Waals surface area contributed by atoms with E-state index in [2.05, 4.69) is 29.4 Å². The van der Waals surface area contributed by atoms with Crippen molar-refractivity contribution in [2.24, 2.45) is 0 Å². The second kappa shape index (κ2) is 9.08. The molecule has 0 bridgehead atoms. The first-order chi connectivity index (χ1) is 14.9. The molecule has 4 rings (SSSR count). The number of carbonyl (C=O) groups excluding carboxylic acids is 1. The highest BCUT2D eigenvalue weighted by molar-refractivity contribution is 7.89. The van der Waals surface area contributed by atoms with Gasteiger partial charge < -0.3 is 0 Å². The Labute approximate surface area is 190 Å². The van der Waals surface area contributed by atoms with Gasteiger partial charge in [-0.1, -0.05) is 42.8 Å². The zero-order valence-electron chi connectivity index (χ0n) is 17.0. The Balaban J connectivity index is 1.53. The lowest BCUT2D eigenvalue weighted by molar-refractivity contribution is 0.102. The average Bonchev–Trinajstić information content (AvgIpc) is 3.47. The minimum absolute atomic E-state index is 0.0421. The number of aryl methyl sites for hydroxylation is 1. The van der Waals surface area contributed by atoms with Crippen molar-refractivity contribution in [2.75, 3.05) is 18.4 Å². The zero-order valence-corrected chi connectivity index (χ0v) is 19.4. The highest BCUT2D eigenvalue weighted by atomic mass is 35.5. The van der Waals surface area contributed by atoms with Crippen LogP contribution < -0.4 is 5.32 Å². The van der Waals surface area contributed by atoms with E-state index in [0.717, 1.165) is 30.5 Å². The normalized spacial score (nSPS) is 14.6. The molecule has 1 aliphatic rings. The molecule has 2 aromatic carbocycles. The monoisotopic (exact) mass is 475 g/mol. The molecule has 3 aromatic rings. The van der Waals surface area contributed by atoms with Crippen LogP contribution in [0.2, 0.25) is 5.02 Å². The Hall–Kier alpha value is -2.26. The van der Waals surface area contributed by atoms with Gasteiger partial charge >= 0.3 is 0 Å². The van der Waals surface area contributed by atoms with Crippen molar-refractivity contribution in [3.05, 3.63) is 64.0 Å². The Morgan fingerprint density at radius 3 is 2.55 bits per heavy atom. The topological polar surface area (TPSA) is 79.4 Å². The summed E-state index contributed by atoms with van der Waals surface area (Å²) in [6, 6.07) is 12.4. The number of aromatic nitrogens is 1. The summed E-state index contributed by atoms with van der Waals surface area (Å²) in [6.07, 6.45) is 2.62. The number of hydrogen-bond acceptors (Lipinski definition) is 5. The van der Waals surface area contributed by atoms with E-state index in [4.69, 9.17) is 11.6 Å². The molecule has 1 amide bonds. The van der Waals surface area contributed by atoms with Gasteiger partial charge in [-0.3, -0.25) is 10.1 Å². The first kappa shape index (κ1) is 22.0. The first-order valence-corrected chi connectivity index (χ1v) is 12.7. The number of halogens is 1. The minimum Gasteiger partial charge on any atom is -0.298 e. The van der Waals surface area contributed by atoms with E-state index in [-0.39, 0.29) is 15.5 Å². The van der Waals surface area contributed by atoms with E-state index in [0.29, 0.717) is 18.2 Å². The van der Waals surface area contributed by atoms with E-state index in [1.54, 1.807) is 0 Å². The predicted octanol–water partition coefficient (Wildman–Crippen LogP) is 5.06. The molecule has 31 heavy (non-hydrogen) atoms. The summed E-state index contributed by atoms with van der Waals surface area (Å²) in [4.78, 5) is 17.2. The zero-order chi connectivity index (χ0) is 22.0. The number of carbonyl (C=O) groups is 1. The Bertz CT molecular complexity index is 1200. The lowest BCUT2D eigenvalue weighted by Gasteiger charge is -2.17. The van der Waals surface area contributed by atoms with Crippen LogP contribution in [0.5, 0.6) is 0 Å². The maximum Gasteiger partial charge on any atom is 0.257 e. The van der Waals surface area contributed by atoms with Crippen molar-refractivity contribution < 1.29 is 13.2 Å². The first-order valence-electron chi connectivity index (χ1n) is 10.0. The molecular formula is C22H22ClN3O3S2. The molecule has 2 heterocycles. The second-order valence-electron chi connectivity index (χ2n) is 7.30. The largest absolute Gasteiger partial charge is 0.298 e. The third-order valence-electron chi connectivity index (χ3n) is 5.26. The van der Waals surface area contributed by atoms with Gasteiger partial charge in [-0.2, -0.15) is 4.31 Å². The molecule has 0 saturated carbocycles. The van der Waals surface area contributed by atoms with Crippen molar-refractivity contribution in [2.45, 2.75) is 31.1 Å². The molecule has 1 fully saturated rings. The molecule has 6 nitrogen and oxygen atoms in total. The summed E-state index contributed by atoms with van der Waals surface area (Å²) < 4.78 is 27.2. The van der Waals surface area contributed by atoms with E-state index in [9.17, 15) is 13.2 Å². The van der Waals surface area contributed by atoms with Crippen LogP contribution in [-0.2, 0) is 16.4 Å². The number of benzene rings is 2. The highest BCUT2D eigenvalue weighted by Gasteiger charge is 2.29. The Kier molecular flexibility index (Phi) is 6.43. The van der Waals surface area contributed by atoms with Crippen LogP contribution in [0.4, 0.5) is 5.13 Å². The van der Waals surface area contributed by atoms with Crippen LogP contribution in [0.15, 0.2) is 52.7 Å². The van der Waals surface area contributed by atoms with Gasteiger partial charge in [0.05, 0.1) is 10.7 Å². The fourth-order valence-electron chi connectivity index (χ4n) is 3.45. The van der Waals surface area contributed by atoms with Crippen molar-refractivity contribution in [3.63, 3.8) is 0 Å². The SMILES string of the molecule is CCc1ccc(-c2csc(NC(=O)c3ccc(Cl)c(S(=O)(=O)N4CCCC4)c3)n2)cc1. The Morgan fingerprint density at radius 2 is 1.87 bits per heavy atom. The standard InChI is InChI=1S/C22H22ClN3O3S2/c1-2-15-5-7-16(8-6-15)19-14-30-22(24-19)25-21(27)17-9-10-18(23)20(13-17)31(28,29)26-11-3-4-12-26/h5-10,13-14H,2-4,11-12H2,1H3,(H,24,25,27). The number of nitrogens with one attached hydrogen (secondary N) is 1. The summed E-state index contributed by atoms with van der Waals surface area (Å²) in [7, 11) is -3.73. The van der Waals surface area contributed by atoms with Crippen molar-refractivity contribution in [1.82, 2.24) is 9.29 Å². The van der Waals surface area contributed by atoms with Gasteiger partial charge in [-0.05, 0) is 43.0 Å². The number of amides is 1. The van der Waals surface area contributed by atoms with Crippen molar-refractivity contribution in [1.29, 1.82) is 0 Å². The molecule has 162 valence electrons.